The average Bonchev–Trinajstić information content (AvgIpc) is 3.11. The van der Waals surface area contributed by atoms with E-state index in [4.69, 9.17) is 27.9 Å². The maximum absolute atomic E-state index is 13.0. The second-order valence-electron chi connectivity index (χ2n) is 6.01. The number of nitrogens with zero attached hydrogens (tertiary/aromatic N) is 3. The number of rotatable bonds is 9. The van der Waals surface area contributed by atoms with E-state index in [1.807, 2.05) is 0 Å². The fourth-order valence-corrected chi connectivity index (χ4v) is 3.49. The molecule has 30 heavy (non-hydrogen) atoms. The van der Waals surface area contributed by atoms with Crippen molar-refractivity contribution < 1.29 is 13.9 Å². The lowest BCUT2D eigenvalue weighted by atomic mass is 10.3. The highest BCUT2D eigenvalue weighted by Crippen LogP contribution is 2.25. The van der Waals surface area contributed by atoms with E-state index in [1.54, 1.807) is 28.8 Å². The number of halogens is 3. The number of thioether (sulfide) groups is 1. The van der Waals surface area contributed by atoms with Gasteiger partial charge >= 0.3 is 0 Å². The normalized spacial score (nSPS) is 10.6. The van der Waals surface area contributed by atoms with Crippen LogP contribution in [0.25, 0.3) is 0 Å². The highest BCUT2D eigenvalue weighted by atomic mass is 35.5. The third-order valence-electron chi connectivity index (χ3n) is 3.82. The molecule has 3 rings (SSSR count). The highest BCUT2D eigenvalue weighted by Gasteiger charge is 2.14. The second-order valence-corrected chi connectivity index (χ2v) is 7.76. The maximum atomic E-state index is 13.0. The second kappa shape index (κ2) is 10.5. The van der Waals surface area contributed by atoms with Crippen LogP contribution in [0.15, 0.2) is 60.3 Å². The van der Waals surface area contributed by atoms with Gasteiger partial charge < -0.3 is 10.1 Å². The molecule has 0 bridgehead atoms. The molecule has 0 fully saturated rings. The van der Waals surface area contributed by atoms with Crippen molar-refractivity contribution in [2.75, 3.05) is 11.1 Å². The number of ether oxygens (including phenoxy) is 1. The van der Waals surface area contributed by atoms with Gasteiger partial charge in [0.1, 0.15) is 18.2 Å². The molecular formula is C20H17Cl2FN4O2S. The minimum atomic E-state index is -0.338. The van der Waals surface area contributed by atoms with E-state index in [2.05, 4.69) is 22.1 Å². The van der Waals surface area contributed by atoms with Gasteiger partial charge in [-0.05, 0) is 42.5 Å². The van der Waals surface area contributed by atoms with Gasteiger partial charge in [0.15, 0.2) is 11.0 Å². The Bertz CT molecular complexity index is 1040. The van der Waals surface area contributed by atoms with Gasteiger partial charge in [0.25, 0.3) is 0 Å². The number of anilines is 1. The summed E-state index contributed by atoms with van der Waals surface area (Å²) in [5, 5.41) is 12.3. The van der Waals surface area contributed by atoms with Crippen LogP contribution in [0.4, 0.5) is 10.1 Å². The fraction of sp³-hybridized carbons (Fsp3) is 0.150. The Morgan fingerprint density at radius 1 is 1.20 bits per heavy atom. The lowest BCUT2D eigenvalue weighted by Crippen LogP contribution is -2.15. The van der Waals surface area contributed by atoms with Crippen molar-refractivity contribution >= 4 is 46.6 Å². The number of hydrogen-bond acceptors (Lipinski definition) is 5. The number of carbonyl (C=O) groups excluding carboxylic acids is 1. The number of aromatic nitrogens is 3. The van der Waals surface area contributed by atoms with Gasteiger partial charge in [0, 0.05) is 12.2 Å². The molecule has 0 saturated heterocycles. The van der Waals surface area contributed by atoms with Crippen LogP contribution in [0.2, 0.25) is 10.0 Å². The van der Waals surface area contributed by atoms with Gasteiger partial charge in [-0.15, -0.1) is 16.8 Å². The summed E-state index contributed by atoms with van der Waals surface area (Å²) in [6, 6.07) is 10.6. The van der Waals surface area contributed by atoms with E-state index < -0.39 is 0 Å². The molecular weight excluding hydrogens is 450 g/mol. The molecule has 0 aliphatic carbocycles. The summed E-state index contributed by atoms with van der Waals surface area (Å²) in [6.45, 7) is 4.33. The van der Waals surface area contributed by atoms with E-state index >= 15 is 0 Å². The third-order valence-corrected chi connectivity index (χ3v) is 5.53. The van der Waals surface area contributed by atoms with Gasteiger partial charge in [-0.3, -0.25) is 9.36 Å². The van der Waals surface area contributed by atoms with Crippen molar-refractivity contribution in [3.63, 3.8) is 0 Å². The van der Waals surface area contributed by atoms with E-state index in [9.17, 15) is 9.18 Å². The van der Waals surface area contributed by atoms with Gasteiger partial charge in [-0.2, -0.15) is 0 Å². The van der Waals surface area contributed by atoms with Gasteiger partial charge in [-0.25, -0.2) is 4.39 Å². The Morgan fingerprint density at radius 2 is 1.97 bits per heavy atom. The molecule has 156 valence electrons. The summed E-state index contributed by atoms with van der Waals surface area (Å²) in [5.74, 6) is 0.631. The van der Waals surface area contributed by atoms with Crippen LogP contribution in [-0.4, -0.2) is 26.4 Å². The molecule has 2 aromatic carbocycles. The van der Waals surface area contributed by atoms with Crippen LogP contribution in [0.5, 0.6) is 5.75 Å². The van der Waals surface area contributed by atoms with Crippen LogP contribution in [0, 0.1) is 5.82 Å². The molecule has 1 amide bonds. The number of hydrogen-bond donors (Lipinski definition) is 1. The first-order valence-electron chi connectivity index (χ1n) is 8.75. The lowest BCUT2D eigenvalue weighted by molar-refractivity contribution is -0.113. The lowest BCUT2D eigenvalue weighted by Gasteiger charge is -2.09. The molecule has 0 spiro atoms. The summed E-state index contributed by atoms with van der Waals surface area (Å²) in [5.41, 5.74) is 0.552. The molecule has 0 atom stereocenters. The standard InChI is InChI=1S/C20H17Cl2FN4O2S/c1-2-9-27-18(11-29-15-6-3-13(23)4-7-15)25-26-20(27)30-12-19(28)24-14-5-8-16(21)17(22)10-14/h2-8,10H,1,9,11-12H2,(H,24,28). The molecule has 1 aromatic heterocycles. The Balaban J connectivity index is 1.60. The Kier molecular flexibility index (Phi) is 7.73. The Morgan fingerprint density at radius 3 is 2.67 bits per heavy atom. The maximum Gasteiger partial charge on any atom is 0.234 e. The molecule has 1 heterocycles. The Labute approximate surface area is 187 Å². The molecule has 3 aromatic rings. The molecule has 0 radical (unpaired) electrons. The van der Waals surface area contributed by atoms with Crippen LogP contribution >= 0.6 is 35.0 Å². The Hall–Kier alpha value is -2.55. The monoisotopic (exact) mass is 466 g/mol. The summed E-state index contributed by atoms with van der Waals surface area (Å²) in [4.78, 5) is 12.3. The van der Waals surface area contributed by atoms with Crippen molar-refractivity contribution in [2.45, 2.75) is 18.3 Å². The molecule has 0 saturated carbocycles. The zero-order valence-electron chi connectivity index (χ0n) is 15.6. The summed E-state index contributed by atoms with van der Waals surface area (Å²) in [7, 11) is 0. The molecule has 0 aliphatic heterocycles. The van der Waals surface area contributed by atoms with Crippen LogP contribution in [-0.2, 0) is 17.9 Å². The van der Waals surface area contributed by atoms with Crippen molar-refractivity contribution in [1.82, 2.24) is 14.8 Å². The average molecular weight is 467 g/mol. The largest absolute Gasteiger partial charge is 0.486 e. The van der Waals surface area contributed by atoms with Crippen molar-refractivity contribution in [3.8, 4) is 5.75 Å². The number of nitrogens with one attached hydrogen (secondary N) is 1. The topological polar surface area (TPSA) is 69.0 Å². The number of amides is 1. The number of benzene rings is 2. The zero-order chi connectivity index (χ0) is 21.5. The number of carbonyl (C=O) groups is 1. The predicted octanol–water partition coefficient (Wildman–Crippen LogP) is 5.22. The summed E-state index contributed by atoms with van der Waals surface area (Å²) < 4.78 is 20.4. The van der Waals surface area contributed by atoms with Crippen LogP contribution in [0.3, 0.4) is 0 Å². The minimum absolute atomic E-state index is 0.119. The summed E-state index contributed by atoms with van der Waals surface area (Å²) in [6.07, 6.45) is 1.70. The highest BCUT2D eigenvalue weighted by molar-refractivity contribution is 7.99. The van der Waals surface area contributed by atoms with Crippen molar-refractivity contribution in [2.24, 2.45) is 0 Å². The van der Waals surface area contributed by atoms with Crippen molar-refractivity contribution in [1.29, 1.82) is 0 Å². The van der Waals surface area contributed by atoms with Crippen LogP contribution in [0.1, 0.15) is 5.82 Å². The van der Waals surface area contributed by atoms with E-state index in [0.29, 0.717) is 39.0 Å². The molecule has 0 unspecified atom stereocenters. The van der Waals surface area contributed by atoms with E-state index in [-0.39, 0.29) is 24.1 Å². The first-order chi connectivity index (χ1) is 14.5. The predicted molar refractivity (Wildman–Crippen MR) is 117 cm³/mol. The van der Waals surface area contributed by atoms with Gasteiger partial charge in [0.2, 0.25) is 5.91 Å². The van der Waals surface area contributed by atoms with Crippen molar-refractivity contribution in [3.05, 3.63) is 76.8 Å². The first kappa shape index (κ1) is 22.1. The molecule has 10 heteroatoms. The first-order valence-corrected chi connectivity index (χ1v) is 10.5. The fourth-order valence-electron chi connectivity index (χ4n) is 2.42. The summed E-state index contributed by atoms with van der Waals surface area (Å²) >= 11 is 13.1. The van der Waals surface area contributed by atoms with E-state index in [0.717, 1.165) is 0 Å². The minimum Gasteiger partial charge on any atom is -0.486 e. The van der Waals surface area contributed by atoms with E-state index in [1.165, 1.54) is 36.0 Å². The molecule has 0 aliphatic rings. The van der Waals surface area contributed by atoms with Crippen LogP contribution < -0.4 is 10.1 Å². The SMILES string of the molecule is C=CCn1c(COc2ccc(F)cc2)nnc1SCC(=O)Nc1ccc(Cl)c(Cl)c1. The van der Waals surface area contributed by atoms with Gasteiger partial charge in [-0.1, -0.05) is 41.0 Å². The third kappa shape index (κ3) is 5.98. The molecule has 6 nitrogen and oxygen atoms in total. The number of allylic oxidation sites excluding steroid dienone is 1. The van der Waals surface area contributed by atoms with Gasteiger partial charge in [0.05, 0.1) is 15.8 Å². The smallest absolute Gasteiger partial charge is 0.234 e. The zero-order valence-corrected chi connectivity index (χ0v) is 18.0. The molecule has 1 N–H and O–H groups in total. The quantitative estimate of drug-likeness (QED) is 0.345.